The number of fused-ring (bicyclic) bond motifs is 3. The summed E-state index contributed by atoms with van der Waals surface area (Å²) in [5, 5.41) is 11.1. The molecule has 0 unspecified atom stereocenters. The maximum atomic E-state index is 14.4. The first-order valence-corrected chi connectivity index (χ1v) is 20.8. The van der Waals surface area contributed by atoms with Crippen LogP contribution in [0.4, 0.5) is 4.79 Å². The van der Waals surface area contributed by atoms with Crippen LogP contribution in [-0.4, -0.2) is 90.1 Å². The van der Waals surface area contributed by atoms with Gasteiger partial charge in [0.15, 0.2) is 9.84 Å². The third kappa shape index (κ3) is 7.81. The lowest BCUT2D eigenvalue weighted by molar-refractivity contribution is -0.144. The number of piperidine rings is 1. The Labute approximate surface area is 291 Å². The van der Waals surface area contributed by atoms with Crippen molar-refractivity contribution in [2.45, 2.75) is 164 Å². The van der Waals surface area contributed by atoms with E-state index in [0.29, 0.717) is 51.5 Å². The number of urea groups is 1. The van der Waals surface area contributed by atoms with Gasteiger partial charge in [0.05, 0.1) is 22.6 Å². The van der Waals surface area contributed by atoms with Crippen LogP contribution in [0.15, 0.2) is 0 Å². The summed E-state index contributed by atoms with van der Waals surface area (Å²) in [5.41, 5.74) is -1.02. The summed E-state index contributed by atoms with van der Waals surface area (Å²) in [6, 6.07) is -3.18. The van der Waals surface area contributed by atoms with Gasteiger partial charge in [-0.1, -0.05) is 78.1 Å². The normalized spacial score (nSPS) is 34.5. The summed E-state index contributed by atoms with van der Waals surface area (Å²) >= 11 is 0. The van der Waals surface area contributed by atoms with Gasteiger partial charge in [0.2, 0.25) is 17.6 Å². The molecule has 3 aliphatic heterocycles. The van der Waals surface area contributed by atoms with Crippen LogP contribution in [0.2, 0.25) is 0 Å². The first-order chi connectivity index (χ1) is 23.3. The average molecular weight is 704 g/mol. The fraction of sp³-hybridized carbons (Fsp3) is 0.861. The monoisotopic (exact) mass is 703 g/mol. The number of hydrogen-bond acceptors (Lipinski definition) is 7. The van der Waals surface area contributed by atoms with Crippen LogP contribution in [0.5, 0.6) is 0 Å². The molecule has 0 spiro atoms. The molecule has 0 radical (unpaired) electrons. The van der Waals surface area contributed by atoms with Crippen LogP contribution in [0.3, 0.4) is 0 Å². The molecule has 13 heteroatoms. The number of nitrogens with zero attached hydrogens (tertiary/aromatic N) is 1. The van der Waals surface area contributed by atoms with E-state index in [9.17, 15) is 32.4 Å². The molecule has 0 aromatic heterocycles. The third-order valence-corrected chi connectivity index (χ3v) is 15.1. The van der Waals surface area contributed by atoms with Crippen LogP contribution in [-0.2, 0) is 29.0 Å². The Morgan fingerprint density at radius 1 is 0.796 bits per heavy atom. The minimum absolute atomic E-state index is 0.0199. The van der Waals surface area contributed by atoms with Gasteiger partial charge in [-0.3, -0.25) is 19.2 Å². The number of nitrogens with one attached hydrogen (secondary N) is 4. The van der Waals surface area contributed by atoms with E-state index in [1.807, 2.05) is 0 Å². The number of ketones is 1. The standard InChI is InChI=1S/C36H57N5O7S/c1-35(2)24-22-41-29(28(24)35)31(43)38-25(30(42)32(44)37-23-17-18-23)14-9-6-4-3-5-7-10-15-26(33(41)45)39-34(46)40-36(19-11-8-12-20-36)27-16-13-21-49(27,47)48/h23-29H,3-22H2,1-2H3,(H,37,44)(H,38,43)(H2,39,40,46)/t24-,25-,26-,27+,28-,29-/m0/s1. The largest absolute Gasteiger partial charge is 0.347 e. The maximum absolute atomic E-state index is 14.4. The van der Waals surface area contributed by atoms with E-state index in [0.717, 1.165) is 70.6 Å². The van der Waals surface area contributed by atoms with Crippen molar-refractivity contribution < 1.29 is 32.4 Å². The van der Waals surface area contributed by atoms with Crippen molar-refractivity contribution in [3.05, 3.63) is 0 Å². The molecule has 4 N–H and O–H groups in total. The minimum atomic E-state index is -3.33. The zero-order valence-electron chi connectivity index (χ0n) is 29.4. The van der Waals surface area contributed by atoms with Crippen molar-refractivity contribution in [1.29, 1.82) is 0 Å². The van der Waals surface area contributed by atoms with E-state index >= 15 is 0 Å². The van der Waals surface area contributed by atoms with E-state index in [4.69, 9.17) is 0 Å². The van der Waals surface area contributed by atoms with Crippen molar-refractivity contribution in [1.82, 2.24) is 26.2 Å². The van der Waals surface area contributed by atoms with E-state index in [2.05, 4.69) is 35.1 Å². The van der Waals surface area contributed by atoms with Crippen LogP contribution < -0.4 is 21.3 Å². The lowest BCUT2D eigenvalue weighted by Crippen LogP contribution is -2.63. The summed E-state index contributed by atoms with van der Waals surface area (Å²) in [4.78, 5) is 70.1. The zero-order chi connectivity index (χ0) is 35.0. The molecule has 6 atom stereocenters. The summed E-state index contributed by atoms with van der Waals surface area (Å²) in [6.45, 7) is 4.55. The molecule has 12 nitrogen and oxygen atoms in total. The summed E-state index contributed by atoms with van der Waals surface area (Å²) in [7, 11) is -3.33. The molecule has 3 saturated heterocycles. The molecule has 0 aromatic carbocycles. The summed E-state index contributed by atoms with van der Waals surface area (Å²) in [6.07, 6.45) is 13.6. The van der Waals surface area contributed by atoms with Gasteiger partial charge in [-0.2, -0.15) is 0 Å². The maximum Gasteiger partial charge on any atom is 0.315 e. The molecule has 6 fully saturated rings. The van der Waals surface area contributed by atoms with Gasteiger partial charge in [0.1, 0.15) is 12.1 Å². The molecular formula is C36H57N5O7S. The Bertz CT molecular complexity index is 1410. The molecule has 3 saturated carbocycles. The van der Waals surface area contributed by atoms with Gasteiger partial charge >= 0.3 is 6.03 Å². The second kappa shape index (κ2) is 14.5. The number of Topliss-reactive ketones (excluding diaryl/α,β-unsaturated/α-hetero) is 1. The molecule has 3 aliphatic carbocycles. The molecule has 6 aliphatic rings. The van der Waals surface area contributed by atoms with Crippen LogP contribution >= 0.6 is 0 Å². The van der Waals surface area contributed by atoms with Crippen molar-refractivity contribution in [2.75, 3.05) is 12.3 Å². The highest BCUT2D eigenvalue weighted by atomic mass is 32.2. The third-order valence-electron chi connectivity index (χ3n) is 12.7. The summed E-state index contributed by atoms with van der Waals surface area (Å²) in [5.74, 6) is -1.91. The van der Waals surface area contributed by atoms with Crippen LogP contribution in [0, 0.1) is 17.3 Å². The van der Waals surface area contributed by atoms with Crippen molar-refractivity contribution >= 4 is 39.4 Å². The lowest BCUT2D eigenvalue weighted by atomic mass is 9.78. The molecule has 0 bridgehead atoms. The second-order valence-electron chi connectivity index (χ2n) is 16.5. The van der Waals surface area contributed by atoms with Gasteiger partial charge in [0, 0.05) is 12.6 Å². The molecule has 0 aromatic rings. The SMILES string of the molecule is CC1(C)[C@@H]2[C@H]3C(=O)N[C@H](C(=O)C(=O)NC4CC4)CCCCCCCCC[C@H](NC(=O)NC4([C@H]5CCCS5(=O)=O)CCCCC4)C(=O)N3C[C@@H]21. The van der Waals surface area contributed by atoms with E-state index < -0.39 is 62.4 Å². The van der Waals surface area contributed by atoms with Gasteiger partial charge in [-0.25, -0.2) is 13.2 Å². The van der Waals surface area contributed by atoms with Gasteiger partial charge in [-0.05, 0) is 68.6 Å². The smallest absolute Gasteiger partial charge is 0.315 e. The van der Waals surface area contributed by atoms with Crippen molar-refractivity contribution in [3.63, 3.8) is 0 Å². The highest BCUT2D eigenvalue weighted by molar-refractivity contribution is 7.92. The van der Waals surface area contributed by atoms with E-state index in [1.54, 1.807) is 4.90 Å². The highest BCUT2D eigenvalue weighted by Crippen LogP contribution is 2.65. The van der Waals surface area contributed by atoms with E-state index in [-0.39, 0.29) is 35.0 Å². The molecule has 274 valence electrons. The minimum Gasteiger partial charge on any atom is -0.347 e. The van der Waals surface area contributed by atoms with Gasteiger partial charge in [0.25, 0.3) is 5.91 Å². The van der Waals surface area contributed by atoms with Gasteiger partial charge < -0.3 is 26.2 Å². The fourth-order valence-corrected chi connectivity index (χ4v) is 11.9. The average Bonchev–Trinajstić information content (AvgIpc) is 3.83. The zero-order valence-corrected chi connectivity index (χ0v) is 30.2. The lowest BCUT2D eigenvalue weighted by Gasteiger charge is -2.42. The molecular weight excluding hydrogens is 646 g/mol. The summed E-state index contributed by atoms with van der Waals surface area (Å²) < 4.78 is 26.2. The molecule has 3 heterocycles. The topological polar surface area (TPSA) is 171 Å². The molecule has 49 heavy (non-hydrogen) atoms. The first kappa shape index (κ1) is 36.1. The fourth-order valence-electron chi connectivity index (χ4n) is 9.56. The van der Waals surface area contributed by atoms with Crippen LogP contribution in [0.1, 0.15) is 129 Å². The quantitative estimate of drug-likeness (QED) is 0.308. The Kier molecular flexibility index (Phi) is 10.7. The van der Waals surface area contributed by atoms with Crippen molar-refractivity contribution in [3.8, 4) is 0 Å². The van der Waals surface area contributed by atoms with Crippen LogP contribution in [0.25, 0.3) is 0 Å². The van der Waals surface area contributed by atoms with E-state index in [1.165, 1.54) is 0 Å². The second-order valence-corrected chi connectivity index (χ2v) is 18.8. The number of carbonyl (C=O) groups is 5. The Balaban J connectivity index is 1.22. The number of rotatable bonds is 6. The molecule has 5 amide bonds. The molecule has 6 rings (SSSR count). The number of amides is 5. The van der Waals surface area contributed by atoms with Crippen molar-refractivity contribution in [2.24, 2.45) is 17.3 Å². The Morgan fingerprint density at radius 2 is 1.43 bits per heavy atom. The Hall–Kier alpha value is -2.70. The predicted octanol–water partition coefficient (Wildman–Crippen LogP) is 3.27. The highest BCUT2D eigenvalue weighted by Gasteiger charge is 2.69. The van der Waals surface area contributed by atoms with Gasteiger partial charge in [-0.15, -0.1) is 0 Å². The Morgan fingerprint density at radius 3 is 2.06 bits per heavy atom. The number of hydrogen-bond donors (Lipinski definition) is 4. The number of sulfone groups is 1. The predicted molar refractivity (Wildman–Crippen MR) is 184 cm³/mol. The number of carbonyl (C=O) groups excluding carboxylic acids is 5. The first-order valence-electron chi connectivity index (χ1n) is 19.1.